The highest BCUT2D eigenvalue weighted by atomic mass is 16.5. The van der Waals surface area contributed by atoms with E-state index in [1.54, 1.807) is 6.20 Å². The Morgan fingerprint density at radius 1 is 1.00 bits per heavy atom. The second-order valence-electron chi connectivity index (χ2n) is 7.53. The van der Waals surface area contributed by atoms with Crippen LogP contribution in [-0.2, 0) is 4.74 Å². The molecule has 1 aliphatic carbocycles. The first-order valence-electron chi connectivity index (χ1n) is 9.62. The largest absolute Gasteiger partial charge is 0.366 e. The van der Waals surface area contributed by atoms with E-state index in [2.05, 4.69) is 17.1 Å². The lowest BCUT2D eigenvalue weighted by Crippen LogP contribution is -2.47. The van der Waals surface area contributed by atoms with Crippen LogP contribution < -0.4 is 0 Å². The third kappa shape index (κ3) is 3.33. The number of fused-ring (bicyclic) bond motifs is 1. The average molecular weight is 358 g/mol. The van der Waals surface area contributed by atoms with Crippen molar-refractivity contribution in [1.29, 1.82) is 0 Å². The molecule has 27 heavy (non-hydrogen) atoms. The van der Waals surface area contributed by atoms with Gasteiger partial charge in [-0.05, 0) is 48.6 Å². The van der Waals surface area contributed by atoms with Crippen LogP contribution in [0.4, 0.5) is 0 Å². The van der Waals surface area contributed by atoms with E-state index in [0.29, 0.717) is 19.0 Å². The number of ether oxygens (including phenoxy) is 1. The van der Waals surface area contributed by atoms with Gasteiger partial charge in [0, 0.05) is 23.7 Å². The van der Waals surface area contributed by atoms with Gasteiger partial charge in [0.1, 0.15) is 6.10 Å². The van der Waals surface area contributed by atoms with Crippen LogP contribution in [0.3, 0.4) is 0 Å². The second kappa shape index (κ2) is 6.78. The van der Waals surface area contributed by atoms with Crippen LogP contribution in [0.25, 0.3) is 10.9 Å². The van der Waals surface area contributed by atoms with Crippen molar-refractivity contribution >= 4 is 16.8 Å². The van der Waals surface area contributed by atoms with Crippen LogP contribution in [0.5, 0.6) is 0 Å². The van der Waals surface area contributed by atoms with Gasteiger partial charge in [-0.25, -0.2) is 0 Å². The number of rotatable bonds is 3. The maximum Gasteiger partial charge on any atom is 0.254 e. The number of pyridine rings is 1. The van der Waals surface area contributed by atoms with Gasteiger partial charge in [-0.1, -0.05) is 36.4 Å². The Hall–Kier alpha value is -2.72. The molecule has 0 spiro atoms. The van der Waals surface area contributed by atoms with Gasteiger partial charge in [0.05, 0.1) is 18.2 Å². The minimum Gasteiger partial charge on any atom is -0.366 e. The summed E-state index contributed by atoms with van der Waals surface area (Å²) in [5.74, 6) is 0.670. The standard InChI is InChI=1S/C23H22N2O2/c26-23(19-10-11-20-18(13-19)7-4-12-24-20)25-14-21(16-5-2-1-3-6-16)27-22(15-25)17-8-9-17/h1-7,10-13,17,21-22H,8-9,14-15H2/t21-,22+/m0/s1. The SMILES string of the molecule is O=C(c1ccc2ncccc2c1)N1C[C@@H](c2ccccc2)O[C@@H](C2CC2)C1. The first-order valence-corrected chi connectivity index (χ1v) is 9.62. The second-order valence-corrected chi connectivity index (χ2v) is 7.53. The zero-order valence-electron chi connectivity index (χ0n) is 15.1. The molecular weight excluding hydrogens is 336 g/mol. The van der Waals surface area contributed by atoms with Crippen LogP contribution in [-0.4, -0.2) is 35.0 Å². The summed E-state index contributed by atoms with van der Waals surface area (Å²) in [5, 5.41) is 0.995. The van der Waals surface area contributed by atoms with E-state index >= 15 is 0 Å². The number of hydrogen-bond acceptors (Lipinski definition) is 3. The Bertz CT molecular complexity index is 968. The Morgan fingerprint density at radius 2 is 1.85 bits per heavy atom. The smallest absolute Gasteiger partial charge is 0.254 e. The molecule has 4 nitrogen and oxygen atoms in total. The molecule has 1 saturated heterocycles. The van der Waals surface area contributed by atoms with E-state index in [-0.39, 0.29) is 18.1 Å². The fourth-order valence-electron chi connectivity index (χ4n) is 3.93. The first kappa shape index (κ1) is 16.5. The molecule has 3 aromatic rings. The van der Waals surface area contributed by atoms with Gasteiger partial charge in [0.15, 0.2) is 0 Å². The van der Waals surface area contributed by atoms with Crippen LogP contribution in [0.15, 0.2) is 66.9 Å². The maximum absolute atomic E-state index is 13.3. The van der Waals surface area contributed by atoms with Gasteiger partial charge in [-0.2, -0.15) is 0 Å². The molecule has 4 heteroatoms. The number of benzene rings is 2. The normalized spacial score (nSPS) is 22.7. The molecule has 1 aliphatic heterocycles. The Balaban J connectivity index is 1.43. The van der Waals surface area contributed by atoms with Gasteiger partial charge < -0.3 is 9.64 Å². The predicted octanol–water partition coefficient (Wildman–Crippen LogP) is 4.23. The quantitative estimate of drug-likeness (QED) is 0.704. The first-order chi connectivity index (χ1) is 13.3. The minimum absolute atomic E-state index is 0.0587. The molecule has 5 rings (SSSR count). The Labute approximate surface area is 158 Å². The molecule has 1 aromatic heterocycles. The number of carbonyl (C=O) groups is 1. The molecule has 2 aliphatic rings. The van der Waals surface area contributed by atoms with Gasteiger partial charge >= 0.3 is 0 Å². The zero-order valence-corrected chi connectivity index (χ0v) is 15.1. The molecule has 2 heterocycles. The Kier molecular flexibility index (Phi) is 4.13. The molecule has 2 fully saturated rings. The van der Waals surface area contributed by atoms with Crippen molar-refractivity contribution in [3.63, 3.8) is 0 Å². The van der Waals surface area contributed by atoms with Crippen molar-refractivity contribution in [2.75, 3.05) is 13.1 Å². The highest BCUT2D eigenvalue weighted by molar-refractivity contribution is 5.98. The summed E-state index contributed by atoms with van der Waals surface area (Å²) in [7, 11) is 0. The number of amides is 1. The fraction of sp³-hybridized carbons (Fsp3) is 0.304. The Morgan fingerprint density at radius 3 is 2.67 bits per heavy atom. The molecule has 2 atom stereocenters. The summed E-state index contributed by atoms with van der Waals surface area (Å²) in [6, 6.07) is 19.9. The number of morpholine rings is 1. The van der Waals surface area contributed by atoms with E-state index in [1.165, 1.54) is 12.8 Å². The average Bonchev–Trinajstić information content (AvgIpc) is 3.59. The highest BCUT2D eigenvalue weighted by Crippen LogP contribution is 2.39. The summed E-state index contributed by atoms with van der Waals surface area (Å²) in [5.41, 5.74) is 2.77. The van der Waals surface area contributed by atoms with Gasteiger partial charge in [-0.3, -0.25) is 9.78 Å². The van der Waals surface area contributed by atoms with E-state index < -0.39 is 0 Å². The molecule has 1 saturated carbocycles. The lowest BCUT2D eigenvalue weighted by atomic mass is 10.0. The number of nitrogens with zero attached hydrogens (tertiary/aromatic N) is 2. The van der Waals surface area contributed by atoms with Crippen LogP contribution in [0.1, 0.15) is 34.9 Å². The van der Waals surface area contributed by atoms with E-state index in [1.807, 2.05) is 53.4 Å². The van der Waals surface area contributed by atoms with Crippen molar-refractivity contribution < 1.29 is 9.53 Å². The molecule has 1 amide bonds. The summed E-state index contributed by atoms with van der Waals surface area (Å²) in [6.45, 7) is 1.27. The van der Waals surface area contributed by atoms with Crippen LogP contribution >= 0.6 is 0 Å². The zero-order chi connectivity index (χ0) is 18.2. The van der Waals surface area contributed by atoms with Crippen molar-refractivity contribution in [1.82, 2.24) is 9.88 Å². The molecule has 0 N–H and O–H groups in total. The van der Waals surface area contributed by atoms with Crippen molar-refractivity contribution in [2.45, 2.75) is 25.0 Å². The topological polar surface area (TPSA) is 42.4 Å². The van der Waals surface area contributed by atoms with E-state index in [9.17, 15) is 4.79 Å². The number of hydrogen-bond donors (Lipinski definition) is 0. The van der Waals surface area contributed by atoms with Crippen molar-refractivity contribution in [3.05, 3.63) is 78.0 Å². The third-order valence-electron chi connectivity index (χ3n) is 5.58. The van der Waals surface area contributed by atoms with E-state index in [4.69, 9.17) is 4.74 Å². The molecule has 136 valence electrons. The van der Waals surface area contributed by atoms with Crippen LogP contribution in [0, 0.1) is 5.92 Å². The van der Waals surface area contributed by atoms with Crippen molar-refractivity contribution in [2.24, 2.45) is 5.92 Å². The van der Waals surface area contributed by atoms with Gasteiger partial charge in [0.2, 0.25) is 0 Å². The molecular formula is C23H22N2O2. The maximum atomic E-state index is 13.3. The summed E-state index contributed by atoms with van der Waals surface area (Å²) >= 11 is 0. The van der Waals surface area contributed by atoms with Crippen molar-refractivity contribution in [3.8, 4) is 0 Å². The third-order valence-corrected chi connectivity index (χ3v) is 5.58. The molecule has 2 aromatic carbocycles. The number of carbonyl (C=O) groups excluding carboxylic acids is 1. The summed E-state index contributed by atoms with van der Waals surface area (Å²) in [4.78, 5) is 19.6. The van der Waals surface area contributed by atoms with Gasteiger partial charge in [0.25, 0.3) is 5.91 Å². The van der Waals surface area contributed by atoms with Gasteiger partial charge in [-0.15, -0.1) is 0 Å². The lowest BCUT2D eigenvalue weighted by Gasteiger charge is -2.38. The predicted molar refractivity (Wildman–Crippen MR) is 104 cm³/mol. The number of aromatic nitrogens is 1. The van der Waals surface area contributed by atoms with E-state index in [0.717, 1.165) is 22.0 Å². The molecule has 0 bridgehead atoms. The lowest BCUT2D eigenvalue weighted by molar-refractivity contribution is -0.0863. The summed E-state index contributed by atoms with van der Waals surface area (Å²) in [6.07, 6.45) is 4.26. The highest BCUT2D eigenvalue weighted by Gasteiger charge is 2.40. The molecule has 0 radical (unpaired) electrons. The minimum atomic E-state index is -0.0587. The fourth-order valence-corrected chi connectivity index (χ4v) is 3.93. The monoisotopic (exact) mass is 358 g/mol. The summed E-state index contributed by atoms with van der Waals surface area (Å²) < 4.78 is 6.38. The molecule has 0 unspecified atom stereocenters. The van der Waals surface area contributed by atoms with Crippen LogP contribution in [0.2, 0.25) is 0 Å².